The topological polar surface area (TPSA) is 76.9 Å². The fourth-order valence-corrected chi connectivity index (χ4v) is 6.23. The largest absolute Gasteiger partial charge is 0.497 e. The molecule has 1 aromatic heterocycles. The van der Waals surface area contributed by atoms with E-state index in [4.69, 9.17) is 14.5 Å². The normalized spacial score (nSPS) is 11.5. The van der Waals surface area contributed by atoms with Crippen molar-refractivity contribution < 1.29 is 17.9 Å². The standard InChI is InChI=1S/C34H38N4O4S/c1-7-43(39,40)30-16-17-31(24(2)18-30)37(4)27-19-32-34(35-23-36(32)3)33(20-27)38(21-25-8-12-28(41-5)13-9-25)22-26-10-14-29(42-6)15-11-26/h8-20,23H,7,21-22H2,1-6H3. The zero-order valence-corrected chi connectivity index (χ0v) is 26.4. The number of hydrogen-bond donors (Lipinski definition) is 0. The minimum absolute atomic E-state index is 0.0698. The molecule has 9 heteroatoms. The number of aryl methyl sites for hydroxylation is 2. The van der Waals surface area contributed by atoms with Gasteiger partial charge < -0.3 is 23.8 Å². The molecule has 1 heterocycles. The third-order valence-corrected chi connectivity index (χ3v) is 9.59. The van der Waals surface area contributed by atoms with E-state index >= 15 is 0 Å². The van der Waals surface area contributed by atoms with Crippen LogP contribution >= 0.6 is 0 Å². The molecule has 0 aliphatic carbocycles. The molecule has 0 amide bonds. The maximum atomic E-state index is 12.5. The Bertz CT molecular complexity index is 1780. The Morgan fingerprint density at radius 1 is 0.814 bits per heavy atom. The van der Waals surface area contributed by atoms with Gasteiger partial charge in [0, 0.05) is 38.6 Å². The third-order valence-electron chi connectivity index (χ3n) is 7.86. The summed E-state index contributed by atoms with van der Waals surface area (Å²) in [6.45, 7) is 4.91. The fourth-order valence-electron chi connectivity index (χ4n) is 5.26. The van der Waals surface area contributed by atoms with Crippen molar-refractivity contribution >= 4 is 37.9 Å². The summed E-state index contributed by atoms with van der Waals surface area (Å²) < 4.78 is 37.8. The maximum absolute atomic E-state index is 12.5. The molecule has 0 unspecified atom stereocenters. The number of sulfone groups is 1. The zero-order valence-electron chi connectivity index (χ0n) is 25.5. The van der Waals surface area contributed by atoms with Crippen molar-refractivity contribution in [1.29, 1.82) is 0 Å². The lowest BCUT2D eigenvalue weighted by Crippen LogP contribution is -2.23. The molecule has 0 radical (unpaired) electrons. The van der Waals surface area contributed by atoms with Crippen LogP contribution < -0.4 is 19.3 Å². The van der Waals surface area contributed by atoms with E-state index in [0.29, 0.717) is 18.0 Å². The summed E-state index contributed by atoms with van der Waals surface area (Å²) in [6, 6.07) is 25.9. The average Bonchev–Trinajstić information content (AvgIpc) is 3.40. The zero-order chi connectivity index (χ0) is 30.7. The number of hydrogen-bond acceptors (Lipinski definition) is 7. The summed E-state index contributed by atoms with van der Waals surface area (Å²) in [7, 11) is 4.05. The molecule has 0 saturated carbocycles. The van der Waals surface area contributed by atoms with Gasteiger partial charge in [-0.25, -0.2) is 13.4 Å². The highest BCUT2D eigenvalue weighted by molar-refractivity contribution is 7.91. The first-order valence-corrected chi connectivity index (χ1v) is 15.8. The molecule has 0 N–H and O–H groups in total. The molecular weight excluding hydrogens is 560 g/mol. The monoisotopic (exact) mass is 598 g/mol. The van der Waals surface area contributed by atoms with E-state index in [1.807, 2.05) is 62.2 Å². The van der Waals surface area contributed by atoms with Crippen molar-refractivity contribution in [2.75, 3.05) is 36.8 Å². The Labute approximate surface area is 254 Å². The highest BCUT2D eigenvalue weighted by atomic mass is 32.2. The van der Waals surface area contributed by atoms with Crippen LogP contribution in [0.1, 0.15) is 23.6 Å². The van der Waals surface area contributed by atoms with E-state index in [2.05, 4.69) is 46.2 Å². The van der Waals surface area contributed by atoms with Gasteiger partial charge in [-0.05, 0) is 78.2 Å². The average molecular weight is 599 g/mol. The second kappa shape index (κ2) is 12.4. The van der Waals surface area contributed by atoms with Gasteiger partial charge in [-0.15, -0.1) is 0 Å². The minimum Gasteiger partial charge on any atom is -0.497 e. The molecule has 0 fully saturated rings. The SMILES string of the molecule is CCS(=O)(=O)c1ccc(N(C)c2cc(N(Cc3ccc(OC)cc3)Cc3ccc(OC)cc3)c3ncn(C)c3c2)c(C)c1. The van der Waals surface area contributed by atoms with Gasteiger partial charge in [0.15, 0.2) is 9.84 Å². The van der Waals surface area contributed by atoms with E-state index < -0.39 is 9.84 Å². The second-order valence-corrected chi connectivity index (χ2v) is 12.9. The Hall–Kier alpha value is -4.50. The van der Waals surface area contributed by atoms with Gasteiger partial charge in [0.25, 0.3) is 0 Å². The second-order valence-electron chi connectivity index (χ2n) is 10.7. The number of nitrogens with zero attached hydrogens (tertiary/aromatic N) is 4. The van der Waals surface area contributed by atoms with Crippen molar-refractivity contribution in [2.45, 2.75) is 31.8 Å². The van der Waals surface area contributed by atoms with E-state index in [0.717, 1.165) is 56.3 Å². The maximum Gasteiger partial charge on any atom is 0.178 e. The van der Waals surface area contributed by atoms with Crippen molar-refractivity contribution in [1.82, 2.24) is 9.55 Å². The number of benzene rings is 4. The Morgan fingerprint density at radius 3 is 1.91 bits per heavy atom. The molecule has 0 aliphatic rings. The summed E-state index contributed by atoms with van der Waals surface area (Å²) >= 11 is 0. The number of aromatic nitrogens is 2. The molecule has 0 atom stereocenters. The van der Waals surface area contributed by atoms with Crippen LogP contribution in [0.5, 0.6) is 11.5 Å². The minimum atomic E-state index is -3.29. The van der Waals surface area contributed by atoms with Gasteiger partial charge in [0.2, 0.25) is 0 Å². The molecule has 5 rings (SSSR count). The van der Waals surface area contributed by atoms with E-state index in [1.54, 1.807) is 33.3 Å². The summed E-state index contributed by atoms with van der Waals surface area (Å²) in [4.78, 5) is 9.59. The Balaban J connectivity index is 1.60. The van der Waals surface area contributed by atoms with Crippen molar-refractivity contribution in [2.24, 2.45) is 7.05 Å². The molecule has 0 aliphatic heterocycles. The van der Waals surface area contributed by atoms with E-state index in [9.17, 15) is 8.42 Å². The van der Waals surface area contributed by atoms with Crippen LogP contribution in [0.25, 0.3) is 11.0 Å². The molecule has 0 saturated heterocycles. The first-order chi connectivity index (χ1) is 20.6. The number of rotatable bonds is 11. The number of anilines is 3. The third kappa shape index (κ3) is 6.32. The number of fused-ring (bicyclic) bond motifs is 1. The fraction of sp³-hybridized carbons (Fsp3) is 0.265. The van der Waals surface area contributed by atoms with Crippen molar-refractivity contribution in [3.05, 3.63) is 102 Å². The van der Waals surface area contributed by atoms with Gasteiger partial charge in [0.05, 0.1) is 42.4 Å². The number of ether oxygens (including phenoxy) is 2. The van der Waals surface area contributed by atoms with Gasteiger partial charge >= 0.3 is 0 Å². The number of methoxy groups -OCH3 is 2. The van der Waals surface area contributed by atoms with Gasteiger partial charge in [-0.3, -0.25) is 0 Å². The Kier molecular flexibility index (Phi) is 8.64. The Morgan fingerprint density at radius 2 is 1.40 bits per heavy atom. The van der Waals surface area contributed by atoms with Crippen LogP contribution in [-0.4, -0.2) is 45.0 Å². The van der Waals surface area contributed by atoms with Gasteiger partial charge in [-0.1, -0.05) is 31.2 Å². The molecule has 0 bridgehead atoms. The quantitative estimate of drug-likeness (QED) is 0.168. The summed E-state index contributed by atoms with van der Waals surface area (Å²) in [5, 5.41) is 0. The molecule has 0 spiro atoms. The molecule has 4 aromatic carbocycles. The first-order valence-electron chi connectivity index (χ1n) is 14.2. The molecule has 5 aromatic rings. The van der Waals surface area contributed by atoms with Crippen molar-refractivity contribution in [3.8, 4) is 11.5 Å². The molecule has 43 heavy (non-hydrogen) atoms. The van der Waals surface area contributed by atoms with Crippen molar-refractivity contribution in [3.63, 3.8) is 0 Å². The van der Waals surface area contributed by atoms with Crippen LogP contribution in [0.15, 0.2) is 90.1 Å². The van der Waals surface area contributed by atoms with Crippen LogP contribution in [0.4, 0.5) is 17.1 Å². The molecular formula is C34H38N4O4S. The lowest BCUT2D eigenvalue weighted by molar-refractivity contribution is 0.414. The van der Waals surface area contributed by atoms with Crippen LogP contribution in [-0.2, 0) is 30.0 Å². The predicted molar refractivity (Wildman–Crippen MR) is 174 cm³/mol. The number of imidazole rings is 1. The van der Waals surface area contributed by atoms with Gasteiger partial charge in [-0.2, -0.15) is 0 Å². The summed E-state index contributed by atoms with van der Waals surface area (Å²) in [6.07, 6.45) is 1.84. The first kappa shape index (κ1) is 30.0. The summed E-state index contributed by atoms with van der Waals surface area (Å²) in [5.41, 5.74) is 7.96. The molecule has 8 nitrogen and oxygen atoms in total. The van der Waals surface area contributed by atoms with E-state index in [1.165, 1.54) is 0 Å². The van der Waals surface area contributed by atoms with E-state index in [-0.39, 0.29) is 5.75 Å². The van der Waals surface area contributed by atoms with Crippen LogP contribution in [0.3, 0.4) is 0 Å². The van der Waals surface area contributed by atoms with Crippen LogP contribution in [0, 0.1) is 6.92 Å². The highest BCUT2D eigenvalue weighted by Crippen LogP contribution is 2.37. The smallest absolute Gasteiger partial charge is 0.178 e. The lowest BCUT2D eigenvalue weighted by atomic mass is 10.1. The summed E-state index contributed by atoms with van der Waals surface area (Å²) in [5.74, 6) is 1.70. The predicted octanol–water partition coefficient (Wildman–Crippen LogP) is 6.67. The van der Waals surface area contributed by atoms with Crippen LogP contribution in [0.2, 0.25) is 0 Å². The highest BCUT2D eigenvalue weighted by Gasteiger charge is 2.20. The molecule has 224 valence electrons. The van der Waals surface area contributed by atoms with Gasteiger partial charge in [0.1, 0.15) is 17.0 Å². The lowest BCUT2D eigenvalue weighted by Gasteiger charge is -2.29.